The summed E-state index contributed by atoms with van der Waals surface area (Å²) in [4.78, 5) is 13.6. The van der Waals surface area contributed by atoms with Gasteiger partial charge in [0.2, 0.25) is 0 Å². The van der Waals surface area contributed by atoms with Gasteiger partial charge >= 0.3 is 0 Å². The lowest BCUT2D eigenvalue weighted by atomic mass is 10.1. The highest BCUT2D eigenvalue weighted by atomic mass is 16.5. The molecule has 35 heavy (non-hydrogen) atoms. The Morgan fingerprint density at radius 2 is 1.86 bits per heavy atom. The first-order chi connectivity index (χ1) is 17.3. The number of ether oxygens (including phenoxy) is 2. The highest BCUT2D eigenvalue weighted by Gasteiger charge is 2.17. The Hall–Kier alpha value is -3.62. The minimum Gasteiger partial charge on any atom is -0.497 e. The molecule has 4 aromatic rings. The molecular formula is C27H31N5O3. The van der Waals surface area contributed by atoms with Crippen molar-refractivity contribution in [3.05, 3.63) is 90.3 Å². The number of hydrogen-bond donors (Lipinski definition) is 0. The summed E-state index contributed by atoms with van der Waals surface area (Å²) in [7, 11) is 1.69. The fraction of sp³-hybridized carbons (Fsp3) is 0.333. The summed E-state index contributed by atoms with van der Waals surface area (Å²) in [5, 5.41) is 0. The zero-order valence-corrected chi connectivity index (χ0v) is 20.0. The van der Waals surface area contributed by atoms with Gasteiger partial charge in [0.15, 0.2) is 0 Å². The molecule has 1 fully saturated rings. The van der Waals surface area contributed by atoms with E-state index >= 15 is 0 Å². The van der Waals surface area contributed by atoms with Crippen molar-refractivity contribution >= 4 is 6.01 Å². The minimum absolute atomic E-state index is 0.628. The first kappa shape index (κ1) is 23.1. The average molecular weight is 474 g/mol. The van der Waals surface area contributed by atoms with Gasteiger partial charge in [-0.1, -0.05) is 24.3 Å². The molecule has 8 heteroatoms. The Morgan fingerprint density at radius 1 is 1.03 bits per heavy atom. The molecule has 1 saturated heterocycles. The molecule has 1 aliphatic rings. The SMILES string of the molecule is COc1cccc(CN(Cc2ccc(-n3ccnc3)cc2)c2nc(CCN3CCOCC3)co2)c1. The van der Waals surface area contributed by atoms with Gasteiger partial charge in [-0.05, 0) is 35.4 Å². The maximum Gasteiger partial charge on any atom is 0.298 e. The lowest BCUT2D eigenvalue weighted by Crippen LogP contribution is -2.37. The number of hydrogen-bond acceptors (Lipinski definition) is 7. The van der Waals surface area contributed by atoms with E-state index in [0.29, 0.717) is 19.1 Å². The zero-order chi connectivity index (χ0) is 23.9. The molecule has 2 aromatic carbocycles. The zero-order valence-electron chi connectivity index (χ0n) is 20.0. The first-order valence-corrected chi connectivity index (χ1v) is 12.0. The molecule has 1 aliphatic heterocycles. The molecule has 0 unspecified atom stereocenters. The Kier molecular flexibility index (Phi) is 7.41. The van der Waals surface area contributed by atoms with Crippen LogP contribution in [0.5, 0.6) is 5.75 Å². The van der Waals surface area contributed by atoms with Gasteiger partial charge in [0.05, 0.1) is 32.3 Å². The Bertz CT molecular complexity index is 1180. The van der Waals surface area contributed by atoms with Crippen molar-refractivity contribution in [3.63, 3.8) is 0 Å². The second-order valence-corrected chi connectivity index (χ2v) is 8.67. The largest absolute Gasteiger partial charge is 0.497 e. The molecule has 0 atom stereocenters. The Balaban J connectivity index is 1.32. The van der Waals surface area contributed by atoms with Crippen molar-refractivity contribution in [1.82, 2.24) is 19.4 Å². The molecule has 0 amide bonds. The summed E-state index contributed by atoms with van der Waals surface area (Å²) >= 11 is 0. The van der Waals surface area contributed by atoms with Crippen LogP contribution in [0.4, 0.5) is 6.01 Å². The Morgan fingerprint density at radius 3 is 2.63 bits per heavy atom. The molecule has 0 spiro atoms. The van der Waals surface area contributed by atoms with Crippen LogP contribution in [0.25, 0.3) is 5.69 Å². The van der Waals surface area contributed by atoms with Crippen molar-refractivity contribution in [1.29, 1.82) is 0 Å². The standard InChI is InChI=1S/C27H31N5O3/c1-33-26-4-2-3-23(17-26)19-32(18-22-5-7-25(8-6-22)31-12-10-28-21-31)27-29-24(20-35-27)9-11-30-13-15-34-16-14-30/h2-8,10,12,17,20-21H,9,11,13-16,18-19H2,1H3. The molecule has 0 aliphatic carbocycles. The smallest absolute Gasteiger partial charge is 0.298 e. The highest BCUT2D eigenvalue weighted by Crippen LogP contribution is 2.23. The van der Waals surface area contributed by atoms with Crippen LogP contribution in [0.15, 0.2) is 77.9 Å². The van der Waals surface area contributed by atoms with Gasteiger partial charge in [0.1, 0.15) is 12.0 Å². The number of nitrogens with zero attached hydrogens (tertiary/aromatic N) is 5. The molecule has 182 valence electrons. The predicted molar refractivity (Wildman–Crippen MR) is 134 cm³/mol. The van der Waals surface area contributed by atoms with Crippen molar-refractivity contribution in [2.45, 2.75) is 19.5 Å². The van der Waals surface area contributed by atoms with Crippen LogP contribution < -0.4 is 9.64 Å². The highest BCUT2D eigenvalue weighted by molar-refractivity contribution is 5.39. The van der Waals surface area contributed by atoms with Crippen LogP contribution in [-0.2, 0) is 24.2 Å². The molecule has 8 nitrogen and oxygen atoms in total. The van der Waals surface area contributed by atoms with Gasteiger partial charge in [-0.2, -0.15) is 4.98 Å². The van der Waals surface area contributed by atoms with Crippen LogP contribution in [-0.4, -0.2) is 59.4 Å². The van der Waals surface area contributed by atoms with E-state index in [0.717, 1.165) is 62.0 Å². The van der Waals surface area contributed by atoms with E-state index in [1.54, 1.807) is 25.9 Å². The summed E-state index contributed by atoms with van der Waals surface area (Å²) in [6.45, 7) is 5.84. The average Bonchev–Trinajstić information content (AvgIpc) is 3.61. The lowest BCUT2D eigenvalue weighted by Gasteiger charge is -2.26. The van der Waals surface area contributed by atoms with E-state index in [-0.39, 0.29) is 0 Å². The lowest BCUT2D eigenvalue weighted by molar-refractivity contribution is 0.0383. The van der Waals surface area contributed by atoms with Gasteiger partial charge in [-0.3, -0.25) is 4.90 Å². The maximum absolute atomic E-state index is 5.98. The quantitative estimate of drug-likeness (QED) is 0.345. The minimum atomic E-state index is 0.628. The number of morpholine rings is 1. The summed E-state index contributed by atoms with van der Waals surface area (Å²) < 4.78 is 18.8. The van der Waals surface area contributed by atoms with Crippen LogP contribution in [0.2, 0.25) is 0 Å². The third-order valence-electron chi connectivity index (χ3n) is 6.22. The van der Waals surface area contributed by atoms with Gasteiger partial charge < -0.3 is 23.4 Å². The topological polar surface area (TPSA) is 68.8 Å². The summed E-state index contributed by atoms with van der Waals surface area (Å²) in [5.74, 6) is 0.839. The predicted octanol–water partition coefficient (Wildman–Crippen LogP) is 3.95. The normalized spacial score (nSPS) is 14.2. The molecule has 0 bridgehead atoms. The molecule has 5 rings (SSSR count). The van der Waals surface area contributed by atoms with Crippen LogP contribution in [0.3, 0.4) is 0 Å². The summed E-state index contributed by atoms with van der Waals surface area (Å²) in [6.07, 6.45) is 8.17. The van der Waals surface area contributed by atoms with E-state index in [1.807, 2.05) is 22.9 Å². The van der Waals surface area contributed by atoms with Gasteiger partial charge in [0, 0.05) is 57.2 Å². The number of methoxy groups -OCH3 is 1. The van der Waals surface area contributed by atoms with E-state index in [1.165, 1.54) is 5.56 Å². The molecule has 0 N–H and O–H groups in total. The number of anilines is 1. The van der Waals surface area contributed by atoms with Crippen LogP contribution >= 0.6 is 0 Å². The van der Waals surface area contributed by atoms with Crippen molar-refractivity contribution < 1.29 is 13.9 Å². The van der Waals surface area contributed by atoms with Crippen molar-refractivity contribution in [3.8, 4) is 11.4 Å². The van der Waals surface area contributed by atoms with Gasteiger partial charge in [-0.25, -0.2) is 4.98 Å². The first-order valence-electron chi connectivity index (χ1n) is 12.0. The molecule has 3 heterocycles. The molecule has 2 aromatic heterocycles. The van der Waals surface area contributed by atoms with Crippen molar-refractivity contribution in [2.24, 2.45) is 0 Å². The third-order valence-corrected chi connectivity index (χ3v) is 6.22. The number of rotatable bonds is 10. The van der Waals surface area contributed by atoms with E-state index < -0.39 is 0 Å². The fourth-order valence-electron chi connectivity index (χ4n) is 4.24. The van der Waals surface area contributed by atoms with Gasteiger partial charge in [0.25, 0.3) is 6.01 Å². The van der Waals surface area contributed by atoms with Gasteiger partial charge in [-0.15, -0.1) is 0 Å². The summed E-state index contributed by atoms with van der Waals surface area (Å²) in [5.41, 5.74) is 4.35. The Labute approximate surface area is 205 Å². The van der Waals surface area contributed by atoms with Crippen molar-refractivity contribution in [2.75, 3.05) is 44.9 Å². The van der Waals surface area contributed by atoms with E-state index in [2.05, 4.69) is 51.2 Å². The third kappa shape index (κ3) is 6.09. The second-order valence-electron chi connectivity index (χ2n) is 8.67. The fourth-order valence-corrected chi connectivity index (χ4v) is 4.24. The number of benzene rings is 2. The second kappa shape index (κ2) is 11.2. The van der Waals surface area contributed by atoms with E-state index in [9.17, 15) is 0 Å². The molecular weight excluding hydrogens is 442 g/mol. The summed E-state index contributed by atoms with van der Waals surface area (Å²) in [6, 6.07) is 17.2. The maximum atomic E-state index is 5.98. The molecule has 0 saturated carbocycles. The van der Waals surface area contributed by atoms with E-state index in [4.69, 9.17) is 18.9 Å². The van der Waals surface area contributed by atoms with Crippen LogP contribution in [0, 0.1) is 0 Å². The number of oxazole rings is 1. The number of aromatic nitrogens is 3. The number of imidazole rings is 1. The monoisotopic (exact) mass is 473 g/mol. The van der Waals surface area contributed by atoms with Crippen LogP contribution in [0.1, 0.15) is 16.8 Å². The molecule has 0 radical (unpaired) electrons.